The summed E-state index contributed by atoms with van der Waals surface area (Å²) in [7, 11) is 0. The van der Waals surface area contributed by atoms with E-state index < -0.39 is 0 Å². The summed E-state index contributed by atoms with van der Waals surface area (Å²) >= 11 is 0. The molecule has 0 spiro atoms. The number of amides is 2. The minimum atomic E-state index is -0.164. The highest BCUT2D eigenvalue weighted by molar-refractivity contribution is 5.74. The smallest absolute Gasteiger partial charge is 0.315 e. The van der Waals surface area contributed by atoms with E-state index in [1.54, 1.807) is 0 Å². The molecule has 100 valence electrons. The van der Waals surface area contributed by atoms with Crippen molar-refractivity contribution in [1.29, 1.82) is 0 Å². The third kappa shape index (κ3) is 4.54. The molecule has 1 aliphatic carbocycles. The van der Waals surface area contributed by atoms with Gasteiger partial charge in [0, 0.05) is 13.1 Å². The zero-order valence-electron chi connectivity index (χ0n) is 11.2. The summed E-state index contributed by atoms with van der Waals surface area (Å²) in [5.74, 6) is 0.764. The van der Waals surface area contributed by atoms with E-state index in [0.29, 0.717) is 6.54 Å². The second-order valence-corrected chi connectivity index (χ2v) is 5.40. The van der Waals surface area contributed by atoms with Gasteiger partial charge in [0.1, 0.15) is 0 Å². The predicted octanol–water partition coefficient (Wildman–Crippen LogP) is 1.99. The van der Waals surface area contributed by atoms with Crippen molar-refractivity contribution < 1.29 is 4.79 Å². The van der Waals surface area contributed by atoms with Gasteiger partial charge >= 0.3 is 6.03 Å². The van der Waals surface area contributed by atoms with E-state index in [4.69, 9.17) is 5.73 Å². The van der Waals surface area contributed by atoms with Crippen molar-refractivity contribution in [3.63, 3.8) is 0 Å². The van der Waals surface area contributed by atoms with Crippen LogP contribution in [0.25, 0.3) is 0 Å². The van der Waals surface area contributed by atoms with Crippen LogP contribution in [0.1, 0.15) is 52.4 Å². The molecule has 0 unspecified atom stereocenters. The summed E-state index contributed by atoms with van der Waals surface area (Å²) in [5.41, 5.74) is 5.68. The van der Waals surface area contributed by atoms with Gasteiger partial charge in [-0.1, -0.05) is 20.3 Å². The highest BCUT2D eigenvalue weighted by Crippen LogP contribution is 2.31. The van der Waals surface area contributed by atoms with Crippen LogP contribution < -0.4 is 16.4 Å². The summed E-state index contributed by atoms with van der Waals surface area (Å²) in [6.45, 7) is 5.67. The summed E-state index contributed by atoms with van der Waals surface area (Å²) < 4.78 is 0. The predicted molar refractivity (Wildman–Crippen MR) is 70.9 cm³/mol. The van der Waals surface area contributed by atoms with E-state index in [1.165, 1.54) is 0 Å². The van der Waals surface area contributed by atoms with Crippen molar-refractivity contribution in [2.24, 2.45) is 11.7 Å². The first-order valence-electron chi connectivity index (χ1n) is 6.88. The van der Waals surface area contributed by atoms with Crippen LogP contribution in [-0.2, 0) is 0 Å². The lowest BCUT2D eigenvalue weighted by Crippen LogP contribution is -2.57. The van der Waals surface area contributed by atoms with Gasteiger partial charge < -0.3 is 16.4 Å². The molecule has 0 aromatic heterocycles. The third-order valence-electron chi connectivity index (χ3n) is 3.82. The zero-order valence-corrected chi connectivity index (χ0v) is 11.2. The maximum absolute atomic E-state index is 11.8. The Bertz CT molecular complexity index is 235. The lowest BCUT2D eigenvalue weighted by molar-refractivity contribution is 0.189. The Morgan fingerprint density at radius 1 is 1.41 bits per heavy atom. The Balaban J connectivity index is 2.37. The number of carbonyl (C=O) groups is 1. The Morgan fingerprint density at radius 3 is 2.59 bits per heavy atom. The molecule has 1 rings (SSSR count). The molecule has 4 N–H and O–H groups in total. The molecule has 0 aliphatic heterocycles. The maximum Gasteiger partial charge on any atom is 0.315 e. The first kappa shape index (κ1) is 14.3. The fourth-order valence-corrected chi connectivity index (χ4v) is 2.36. The first-order valence-corrected chi connectivity index (χ1v) is 6.88. The lowest BCUT2D eigenvalue weighted by atomic mass is 9.77. The van der Waals surface area contributed by atoms with Crippen molar-refractivity contribution in [3.05, 3.63) is 0 Å². The van der Waals surface area contributed by atoms with Gasteiger partial charge in [-0.15, -0.1) is 0 Å². The van der Waals surface area contributed by atoms with E-state index in [-0.39, 0.29) is 11.6 Å². The van der Waals surface area contributed by atoms with Crippen molar-refractivity contribution >= 4 is 6.03 Å². The molecule has 1 fully saturated rings. The minimum Gasteiger partial charge on any atom is -0.338 e. The van der Waals surface area contributed by atoms with Crippen LogP contribution in [0.2, 0.25) is 0 Å². The number of rotatable bonds is 5. The molecular formula is C13H27N3O. The molecule has 17 heavy (non-hydrogen) atoms. The molecule has 0 aromatic carbocycles. The minimum absolute atomic E-state index is 0.0570. The Hall–Kier alpha value is -0.770. The quantitative estimate of drug-likeness (QED) is 0.644. The van der Waals surface area contributed by atoms with Crippen molar-refractivity contribution in [2.45, 2.75) is 57.9 Å². The summed E-state index contributed by atoms with van der Waals surface area (Å²) in [4.78, 5) is 11.8. The van der Waals surface area contributed by atoms with Crippen LogP contribution in [0, 0.1) is 5.92 Å². The Labute approximate surface area is 105 Å². The number of hydrogen-bond acceptors (Lipinski definition) is 2. The molecule has 1 saturated carbocycles. The van der Waals surface area contributed by atoms with Gasteiger partial charge in [0.05, 0.1) is 5.54 Å². The summed E-state index contributed by atoms with van der Waals surface area (Å²) in [6, 6.07) is -0.0570. The topological polar surface area (TPSA) is 67.2 Å². The normalized spacial score (nSPS) is 28.8. The molecule has 4 heteroatoms. The molecule has 0 heterocycles. The number of nitrogens with one attached hydrogen (secondary N) is 2. The van der Waals surface area contributed by atoms with Crippen molar-refractivity contribution in [2.75, 3.05) is 13.1 Å². The maximum atomic E-state index is 11.8. The molecule has 2 amide bonds. The fraction of sp³-hybridized carbons (Fsp3) is 0.923. The summed E-state index contributed by atoms with van der Waals surface area (Å²) in [6.07, 6.45) is 6.45. The zero-order chi connectivity index (χ0) is 12.7. The number of nitrogens with two attached hydrogens (primary N) is 1. The molecular weight excluding hydrogens is 214 g/mol. The Kier molecular flexibility index (Phi) is 5.75. The number of carbonyl (C=O) groups excluding carboxylic acids is 1. The summed E-state index contributed by atoms with van der Waals surface area (Å²) in [5, 5.41) is 5.98. The highest BCUT2D eigenvalue weighted by atomic mass is 16.2. The van der Waals surface area contributed by atoms with Gasteiger partial charge in [-0.25, -0.2) is 4.79 Å². The van der Waals surface area contributed by atoms with Crippen LogP contribution in [-0.4, -0.2) is 24.7 Å². The van der Waals surface area contributed by atoms with Crippen molar-refractivity contribution in [3.8, 4) is 0 Å². The van der Waals surface area contributed by atoms with Crippen LogP contribution in [0.15, 0.2) is 0 Å². The molecule has 4 nitrogen and oxygen atoms in total. The first-order chi connectivity index (χ1) is 8.12. The van der Waals surface area contributed by atoms with E-state index >= 15 is 0 Å². The van der Waals surface area contributed by atoms with Crippen LogP contribution in [0.3, 0.4) is 0 Å². The number of unbranched alkanes of at least 4 members (excludes halogenated alkanes) is 1. The number of hydrogen-bond donors (Lipinski definition) is 3. The average molecular weight is 241 g/mol. The van der Waals surface area contributed by atoms with Crippen LogP contribution in [0.4, 0.5) is 4.79 Å². The van der Waals surface area contributed by atoms with Gasteiger partial charge in [0.15, 0.2) is 0 Å². The standard InChI is InChI=1S/C13H27N3O/c1-3-4-9-15-12(17)16-13(10-14)7-5-11(2)6-8-13/h11H,3-10,14H2,1-2H3,(H2,15,16,17). The molecule has 0 saturated heterocycles. The van der Waals surface area contributed by atoms with Crippen LogP contribution >= 0.6 is 0 Å². The lowest BCUT2D eigenvalue weighted by Gasteiger charge is -2.39. The van der Waals surface area contributed by atoms with Gasteiger partial charge in [-0.3, -0.25) is 0 Å². The highest BCUT2D eigenvalue weighted by Gasteiger charge is 2.34. The SMILES string of the molecule is CCCCNC(=O)NC1(CN)CCC(C)CC1. The third-order valence-corrected chi connectivity index (χ3v) is 3.82. The average Bonchev–Trinajstić information content (AvgIpc) is 2.33. The van der Waals surface area contributed by atoms with E-state index in [1.807, 2.05) is 0 Å². The second kappa shape index (κ2) is 6.84. The fourth-order valence-electron chi connectivity index (χ4n) is 2.36. The van der Waals surface area contributed by atoms with E-state index in [9.17, 15) is 4.79 Å². The van der Waals surface area contributed by atoms with Crippen LogP contribution in [0.5, 0.6) is 0 Å². The largest absolute Gasteiger partial charge is 0.338 e. The monoisotopic (exact) mass is 241 g/mol. The molecule has 1 aliphatic rings. The second-order valence-electron chi connectivity index (χ2n) is 5.40. The van der Waals surface area contributed by atoms with Gasteiger partial charge in [0.25, 0.3) is 0 Å². The van der Waals surface area contributed by atoms with Gasteiger partial charge in [0.2, 0.25) is 0 Å². The van der Waals surface area contributed by atoms with E-state index in [0.717, 1.165) is 51.0 Å². The molecule has 0 bridgehead atoms. The van der Waals surface area contributed by atoms with Crippen molar-refractivity contribution in [1.82, 2.24) is 10.6 Å². The molecule has 0 aromatic rings. The van der Waals surface area contributed by atoms with Gasteiger partial charge in [-0.05, 0) is 38.0 Å². The molecule has 0 atom stereocenters. The van der Waals surface area contributed by atoms with Gasteiger partial charge in [-0.2, -0.15) is 0 Å². The van der Waals surface area contributed by atoms with E-state index in [2.05, 4.69) is 24.5 Å². The number of urea groups is 1. The Morgan fingerprint density at radius 2 is 2.06 bits per heavy atom. The molecule has 0 radical (unpaired) electrons.